The van der Waals surface area contributed by atoms with Gasteiger partial charge in [0.25, 0.3) is 5.91 Å². The molecule has 2 aromatic rings. The first-order valence-electron chi connectivity index (χ1n) is 10.2. The minimum absolute atomic E-state index is 0.158. The third kappa shape index (κ3) is 4.38. The number of rotatable bonds is 3. The minimum atomic E-state index is -4.52. The number of hydrogen-bond acceptors (Lipinski definition) is 3. The Morgan fingerprint density at radius 1 is 1.10 bits per heavy atom. The van der Waals surface area contributed by atoms with E-state index in [1.165, 1.54) is 30.5 Å². The Morgan fingerprint density at radius 2 is 1.81 bits per heavy atom. The Balaban J connectivity index is 1.64. The van der Waals surface area contributed by atoms with E-state index < -0.39 is 23.5 Å². The van der Waals surface area contributed by atoms with Crippen LogP contribution in [0, 0.1) is 17.7 Å². The molecule has 0 radical (unpaired) electrons. The monoisotopic (exact) mass is 433 g/mol. The van der Waals surface area contributed by atoms with E-state index >= 15 is 0 Å². The highest BCUT2D eigenvalue weighted by Crippen LogP contribution is 2.40. The van der Waals surface area contributed by atoms with Gasteiger partial charge < -0.3 is 15.5 Å². The van der Waals surface area contributed by atoms with Crippen LogP contribution in [-0.4, -0.2) is 19.0 Å². The molecule has 1 fully saturated rings. The Hall–Kier alpha value is -3.03. The zero-order chi connectivity index (χ0) is 22.3. The third-order valence-corrected chi connectivity index (χ3v) is 5.66. The molecule has 2 aliphatic rings. The topological polar surface area (TPSA) is 44.4 Å². The van der Waals surface area contributed by atoms with Gasteiger partial charge in [0.15, 0.2) is 0 Å². The fourth-order valence-corrected chi connectivity index (χ4v) is 4.45. The second kappa shape index (κ2) is 7.90. The van der Waals surface area contributed by atoms with Gasteiger partial charge in [-0.1, -0.05) is 13.8 Å². The summed E-state index contributed by atoms with van der Waals surface area (Å²) in [6, 6.07) is 7.97. The minimum Gasteiger partial charge on any atom is -0.371 e. The number of carbonyl (C=O) groups is 1. The van der Waals surface area contributed by atoms with Crippen LogP contribution >= 0.6 is 0 Å². The quantitative estimate of drug-likeness (QED) is 0.480. The molecule has 8 heteroatoms. The smallest absolute Gasteiger partial charge is 0.371 e. The molecule has 0 bridgehead atoms. The average molecular weight is 433 g/mol. The van der Waals surface area contributed by atoms with Crippen molar-refractivity contribution in [3.8, 4) is 0 Å². The van der Waals surface area contributed by atoms with E-state index in [2.05, 4.69) is 10.6 Å². The van der Waals surface area contributed by atoms with Gasteiger partial charge in [-0.05, 0) is 54.7 Å². The van der Waals surface area contributed by atoms with Crippen molar-refractivity contribution in [1.29, 1.82) is 0 Å². The highest BCUT2D eigenvalue weighted by Gasteiger charge is 2.36. The summed E-state index contributed by atoms with van der Waals surface area (Å²) in [5, 5.41) is 5.38. The lowest BCUT2D eigenvalue weighted by Crippen LogP contribution is -2.39. The molecule has 0 aromatic heterocycles. The summed E-state index contributed by atoms with van der Waals surface area (Å²) < 4.78 is 55.1. The molecule has 31 heavy (non-hydrogen) atoms. The molecule has 164 valence electrons. The molecule has 0 spiro atoms. The molecule has 4 rings (SSSR count). The Bertz CT molecular complexity index is 1040. The molecule has 2 unspecified atom stereocenters. The van der Waals surface area contributed by atoms with Crippen molar-refractivity contribution in [3.63, 3.8) is 0 Å². The van der Waals surface area contributed by atoms with Gasteiger partial charge in [-0.3, -0.25) is 4.79 Å². The van der Waals surface area contributed by atoms with Gasteiger partial charge in [0.1, 0.15) is 5.82 Å². The molecule has 1 saturated heterocycles. The van der Waals surface area contributed by atoms with E-state index in [-0.39, 0.29) is 16.9 Å². The number of amides is 1. The fourth-order valence-electron chi connectivity index (χ4n) is 4.45. The van der Waals surface area contributed by atoms with Crippen LogP contribution in [0.3, 0.4) is 0 Å². The summed E-state index contributed by atoms with van der Waals surface area (Å²) in [5.41, 5.74) is 0.611. The molecule has 2 N–H and O–H groups in total. The van der Waals surface area contributed by atoms with Gasteiger partial charge in [0.2, 0.25) is 0 Å². The molecule has 4 nitrogen and oxygen atoms in total. The maximum Gasteiger partial charge on any atom is 0.418 e. The molecule has 1 amide bonds. The van der Waals surface area contributed by atoms with Crippen LogP contribution in [0.25, 0.3) is 5.57 Å². The van der Waals surface area contributed by atoms with Crippen LogP contribution in [0.4, 0.5) is 34.6 Å². The lowest BCUT2D eigenvalue weighted by molar-refractivity contribution is -0.137. The predicted molar refractivity (Wildman–Crippen MR) is 113 cm³/mol. The van der Waals surface area contributed by atoms with Crippen LogP contribution < -0.4 is 15.5 Å². The molecule has 2 aliphatic heterocycles. The number of fused-ring (bicyclic) bond motifs is 1. The van der Waals surface area contributed by atoms with Crippen molar-refractivity contribution in [2.45, 2.75) is 26.4 Å². The lowest BCUT2D eigenvalue weighted by Gasteiger charge is -2.38. The number of carbonyl (C=O) groups excluding carboxylic acids is 1. The van der Waals surface area contributed by atoms with Crippen molar-refractivity contribution < 1.29 is 22.4 Å². The summed E-state index contributed by atoms with van der Waals surface area (Å²) in [4.78, 5) is 14.0. The van der Waals surface area contributed by atoms with E-state index in [0.29, 0.717) is 36.2 Å². The zero-order valence-corrected chi connectivity index (χ0v) is 17.2. The number of nitrogens with zero attached hydrogens (tertiary/aromatic N) is 1. The first kappa shape index (κ1) is 21.2. The molecular weight excluding hydrogens is 410 g/mol. The summed E-state index contributed by atoms with van der Waals surface area (Å²) in [6.07, 6.45) is -2.22. The SMILES string of the molecule is CC1CC(C)CN(c2ccc(NC=C3C(=O)Nc4ccc(F)cc43)cc2C(F)(F)F)C1. The summed E-state index contributed by atoms with van der Waals surface area (Å²) in [6.45, 7) is 5.25. The second-order valence-corrected chi connectivity index (χ2v) is 8.43. The van der Waals surface area contributed by atoms with E-state index in [4.69, 9.17) is 0 Å². The Kier molecular flexibility index (Phi) is 5.41. The van der Waals surface area contributed by atoms with Crippen LogP contribution in [0.1, 0.15) is 31.4 Å². The Morgan fingerprint density at radius 3 is 2.48 bits per heavy atom. The van der Waals surface area contributed by atoms with Gasteiger partial charge in [-0.2, -0.15) is 13.2 Å². The van der Waals surface area contributed by atoms with E-state index in [1.807, 2.05) is 13.8 Å². The van der Waals surface area contributed by atoms with Crippen molar-refractivity contribution in [2.24, 2.45) is 11.8 Å². The molecule has 0 saturated carbocycles. The normalized spacial score (nSPS) is 22.5. The van der Waals surface area contributed by atoms with E-state index in [0.717, 1.165) is 12.5 Å². The van der Waals surface area contributed by atoms with Gasteiger partial charge >= 0.3 is 6.18 Å². The number of anilines is 3. The summed E-state index contributed by atoms with van der Waals surface area (Å²) in [7, 11) is 0. The number of hydrogen-bond donors (Lipinski definition) is 2. The van der Waals surface area contributed by atoms with Gasteiger partial charge in [0.05, 0.1) is 11.1 Å². The summed E-state index contributed by atoms with van der Waals surface area (Å²) >= 11 is 0. The number of benzene rings is 2. The molecule has 2 aromatic carbocycles. The third-order valence-electron chi connectivity index (χ3n) is 5.66. The molecule has 2 atom stereocenters. The van der Waals surface area contributed by atoms with E-state index in [1.54, 1.807) is 11.0 Å². The first-order chi connectivity index (χ1) is 14.6. The molecular formula is C23H23F4N3O. The van der Waals surface area contributed by atoms with Crippen LogP contribution in [0.2, 0.25) is 0 Å². The number of piperidine rings is 1. The number of halogens is 4. The maximum atomic E-state index is 13.8. The van der Waals surface area contributed by atoms with Crippen molar-refractivity contribution >= 4 is 28.5 Å². The highest BCUT2D eigenvalue weighted by atomic mass is 19.4. The Labute approximate surface area is 177 Å². The molecule has 0 aliphatic carbocycles. The van der Waals surface area contributed by atoms with Crippen molar-refractivity contribution in [3.05, 3.63) is 59.5 Å². The number of nitrogens with one attached hydrogen (secondary N) is 2. The first-order valence-corrected chi connectivity index (χ1v) is 10.2. The largest absolute Gasteiger partial charge is 0.418 e. The van der Waals surface area contributed by atoms with Crippen molar-refractivity contribution in [2.75, 3.05) is 28.6 Å². The average Bonchev–Trinajstić information content (AvgIpc) is 2.99. The number of alkyl halides is 3. The lowest BCUT2D eigenvalue weighted by atomic mass is 9.91. The van der Waals surface area contributed by atoms with Gasteiger partial charge in [-0.25, -0.2) is 4.39 Å². The standard InChI is InChI=1S/C23H23F4N3O/c1-13-7-14(2)12-30(11-13)21-6-4-16(9-19(21)23(25,26)27)28-10-18-17-8-15(24)3-5-20(17)29-22(18)31/h3-6,8-10,13-14,28H,7,11-12H2,1-2H3,(H,29,31). The zero-order valence-electron chi connectivity index (χ0n) is 17.2. The predicted octanol–water partition coefficient (Wildman–Crippen LogP) is 5.73. The van der Waals surface area contributed by atoms with Gasteiger partial charge in [0, 0.05) is 41.9 Å². The molecule has 2 heterocycles. The van der Waals surface area contributed by atoms with E-state index in [9.17, 15) is 22.4 Å². The van der Waals surface area contributed by atoms with Crippen LogP contribution in [-0.2, 0) is 11.0 Å². The second-order valence-electron chi connectivity index (χ2n) is 8.43. The van der Waals surface area contributed by atoms with Crippen LogP contribution in [0.15, 0.2) is 42.6 Å². The maximum absolute atomic E-state index is 13.8. The van der Waals surface area contributed by atoms with Crippen molar-refractivity contribution in [1.82, 2.24) is 0 Å². The van der Waals surface area contributed by atoms with Gasteiger partial charge in [-0.15, -0.1) is 0 Å². The fraction of sp³-hybridized carbons (Fsp3) is 0.348. The summed E-state index contributed by atoms with van der Waals surface area (Å²) in [5.74, 6) is -0.325. The van der Waals surface area contributed by atoms with Crippen LogP contribution in [0.5, 0.6) is 0 Å². The highest BCUT2D eigenvalue weighted by molar-refractivity contribution is 6.31.